The van der Waals surface area contributed by atoms with Gasteiger partial charge in [0.15, 0.2) is 0 Å². The van der Waals surface area contributed by atoms with Crippen LogP contribution in [-0.2, 0) is 6.61 Å². The van der Waals surface area contributed by atoms with Crippen molar-refractivity contribution in [2.24, 2.45) is 11.8 Å². The first-order valence-electron chi connectivity index (χ1n) is 7.08. The Morgan fingerprint density at radius 3 is 2.22 bits per heavy atom. The van der Waals surface area contributed by atoms with Gasteiger partial charge in [-0.05, 0) is 56.1 Å². The minimum absolute atomic E-state index is 0.0877. The van der Waals surface area contributed by atoms with Gasteiger partial charge in [-0.15, -0.1) is 0 Å². The lowest BCUT2D eigenvalue weighted by Crippen LogP contribution is -2.29. The van der Waals surface area contributed by atoms with Crippen LogP contribution in [0.3, 0.4) is 0 Å². The summed E-state index contributed by atoms with van der Waals surface area (Å²) in [5.74, 6) is 2.88. The number of hydrogen-bond acceptors (Lipinski definition) is 3. The van der Waals surface area contributed by atoms with E-state index in [0.717, 1.165) is 28.9 Å². The van der Waals surface area contributed by atoms with E-state index in [9.17, 15) is 5.11 Å². The lowest BCUT2D eigenvalue weighted by molar-refractivity contribution is 0.280. The normalized spacial score (nSPS) is 19.0. The minimum atomic E-state index is 0.0877. The van der Waals surface area contributed by atoms with Gasteiger partial charge >= 0.3 is 0 Å². The van der Waals surface area contributed by atoms with E-state index in [4.69, 9.17) is 0 Å². The van der Waals surface area contributed by atoms with Gasteiger partial charge in [0.2, 0.25) is 0 Å². The van der Waals surface area contributed by atoms with Crippen LogP contribution >= 0.6 is 0 Å². The first-order valence-corrected chi connectivity index (χ1v) is 7.08. The molecule has 1 N–H and O–H groups in total. The van der Waals surface area contributed by atoms with E-state index in [-0.39, 0.29) is 6.61 Å². The summed E-state index contributed by atoms with van der Waals surface area (Å²) in [5.41, 5.74) is 1.91. The van der Waals surface area contributed by atoms with Gasteiger partial charge in [0.05, 0.1) is 6.61 Å². The van der Waals surface area contributed by atoms with Gasteiger partial charge in [-0.25, -0.2) is 4.98 Å². The molecular formula is C15H22N2O. The number of anilines is 1. The maximum Gasteiger partial charge on any atom is 0.128 e. The molecule has 0 saturated heterocycles. The molecule has 1 aromatic heterocycles. The number of aliphatic hydroxyl groups is 1. The molecule has 2 saturated carbocycles. The second kappa shape index (κ2) is 4.88. The molecule has 18 heavy (non-hydrogen) atoms. The molecule has 0 atom stereocenters. The predicted octanol–water partition coefficient (Wildman–Crippen LogP) is 2.51. The first kappa shape index (κ1) is 12.0. The zero-order chi connectivity index (χ0) is 12.5. The van der Waals surface area contributed by atoms with E-state index in [2.05, 4.69) is 16.0 Å². The Balaban J connectivity index is 1.76. The Kier molecular flexibility index (Phi) is 3.25. The molecule has 0 aliphatic heterocycles. The number of aromatic nitrogens is 1. The van der Waals surface area contributed by atoms with E-state index < -0.39 is 0 Å². The van der Waals surface area contributed by atoms with Crippen LogP contribution in [0.4, 0.5) is 5.82 Å². The fourth-order valence-electron chi connectivity index (χ4n) is 2.41. The molecule has 2 fully saturated rings. The predicted molar refractivity (Wildman–Crippen MR) is 72.6 cm³/mol. The number of aliphatic hydroxyl groups excluding tert-OH is 1. The van der Waals surface area contributed by atoms with Crippen molar-refractivity contribution in [3.63, 3.8) is 0 Å². The summed E-state index contributed by atoms with van der Waals surface area (Å²) >= 11 is 0. The zero-order valence-electron chi connectivity index (χ0n) is 11.1. The fraction of sp³-hybridized carbons (Fsp3) is 0.667. The van der Waals surface area contributed by atoms with Crippen molar-refractivity contribution in [2.45, 2.75) is 39.2 Å². The SMILES string of the molecule is Cc1nc(N(CC2CC2)CC2CC2)ccc1CO. The Morgan fingerprint density at radius 1 is 1.17 bits per heavy atom. The Bertz CT molecular complexity index is 411. The second-order valence-corrected chi connectivity index (χ2v) is 5.86. The van der Waals surface area contributed by atoms with Crippen LogP contribution in [0.25, 0.3) is 0 Å². The average Bonchev–Trinajstić information content (AvgIpc) is 3.23. The number of nitrogens with zero attached hydrogens (tertiary/aromatic N) is 2. The molecule has 1 heterocycles. The largest absolute Gasteiger partial charge is 0.392 e. The topological polar surface area (TPSA) is 36.4 Å². The van der Waals surface area contributed by atoms with Crippen molar-refractivity contribution >= 4 is 5.82 Å². The van der Waals surface area contributed by atoms with Gasteiger partial charge in [0.25, 0.3) is 0 Å². The lowest BCUT2D eigenvalue weighted by atomic mass is 10.2. The highest BCUT2D eigenvalue weighted by atomic mass is 16.3. The Morgan fingerprint density at radius 2 is 1.78 bits per heavy atom. The highest BCUT2D eigenvalue weighted by molar-refractivity contribution is 5.42. The summed E-state index contributed by atoms with van der Waals surface area (Å²) in [6, 6.07) is 4.09. The van der Waals surface area contributed by atoms with Crippen molar-refractivity contribution in [2.75, 3.05) is 18.0 Å². The molecule has 0 amide bonds. The molecule has 2 aliphatic rings. The van der Waals surface area contributed by atoms with E-state index in [1.807, 2.05) is 13.0 Å². The van der Waals surface area contributed by atoms with Crippen molar-refractivity contribution < 1.29 is 5.11 Å². The van der Waals surface area contributed by atoms with Crippen LogP contribution in [-0.4, -0.2) is 23.2 Å². The summed E-state index contributed by atoms with van der Waals surface area (Å²) in [6.07, 6.45) is 5.54. The zero-order valence-corrected chi connectivity index (χ0v) is 11.1. The van der Waals surface area contributed by atoms with Crippen molar-refractivity contribution in [1.29, 1.82) is 0 Å². The molecule has 0 bridgehead atoms. The van der Waals surface area contributed by atoms with E-state index in [0.29, 0.717) is 0 Å². The van der Waals surface area contributed by atoms with Gasteiger partial charge in [0, 0.05) is 18.8 Å². The smallest absolute Gasteiger partial charge is 0.128 e. The summed E-state index contributed by atoms with van der Waals surface area (Å²) < 4.78 is 0. The molecule has 0 radical (unpaired) electrons. The second-order valence-electron chi connectivity index (χ2n) is 5.86. The van der Waals surface area contributed by atoms with Crippen molar-refractivity contribution in [3.05, 3.63) is 23.4 Å². The molecule has 2 aliphatic carbocycles. The molecule has 0 unspecified atom stereocenters. The molecule has 3 rings (SSSR count). The Hall–Kier alpha value is -1.09. The third-order valence-corrected chi connectivity index (χ3v) is 4.03. The summed E-state index contributed by atoms with van der Waals surface area (Å²) in [6.45, 7) is 4.41. The first-order chi connectivity index (χ1) is 8.76. The molecular weight excluding hydrogens is 224 g/mol. The molecule has 98 valence electrons. The quantitative estimate of drug-likeness (QED) is 0.838. The standard InChI is InChI=1S/C15H22N2O/c1-11-14(10-18)6-7-15(16-11)17(8-12-2-3-12)9-13-4-5-13/h6-7,12-13,18H,2-5,8-10H2,1H3. The van der Waals surface area contributed by atoms with Crippen LogP contribution in [0.15, 0.2) is 12.1 Å². The average molecular weight is 246 g/mol. The monoisotopic (exact) mass is 246 g/mol. The summed E-state index contributed by atoms with van der Waals surface area (Å²) in [4.78, 5) is 7.13. The van der Waals surface area contributed by atoms with Crippen molar-refractivity contribution in [3.8, 4) is 0 Å². The van der Waals surface area contributed by atoms with Crippen LogP contribution < -0.4 is 4.90 Å². The molecule has 1 aromatic rings. The molecule has 0 aromatic carbocycles. The number of hydrogen-bond donors (Lipinski definition) is 1. The van der Waals surface area contributed by atoms with Gasteiger partial charge < -0.3 is 10.0 Å². The molecule has 3 heteroatoms. The summed E-state index contributed by atoms with van der Waals surface area (Å²) in [7, 11) is 0. The highest BCUT2D eigenvalue weighted by Gasteiger charge is 2.29. The Labute approximate surface area is 109 Å². The van der Waals surface area contributed by atoms with E-state index in [1.54, 1.807) is 0 Å². The van der Waals surface area contributed by atoms with Gasteiger partial charge in [-0.2, -0.15) is 0 Å². The summed E-state index contributed by atoms with van der Waals surface area (Å²) in [5, 5.41) is 9.21. The maximum absolute atomic E-state index is 9.21. The van der Waals surface area contributed by atoms with Crippen LogP contribution in [0.2, 0.25) is 0 Å². The van der Waals surface area contributed by atoms with E-state index in [1.165, 1.54) is 38.8 Å². The van der Waals surface area contributed by atoms with Crippen molar-refractivity contribution in [1.82, 2.24) is 4.98 Å². The van der Waals surface area contributed by atoms with Gasteiger partial charge in [-0.1, -0.05) is 6.07 Å². The third kappa shape index (κ3) is 2.83. The van der Waals surface area contributed by atoms with Gasteiger partial charge in [-0.3, -0.25) is 0 Å². The fourth-order valence-corrected chi connectivity index (χ4v) is 2.41. The molecule has 0 spiro atoms. The maximum atomic E-state index is 9.21. The van der Waals surface area contributed by atoms with Crippen LogP contribution in [0.5, 0.6) is 0 Å². The third-order valence-electron chi connectivity index (χ3n) is 4.03. The highest BCUT2D eigenvalue weighted by Crippen LogP contribution is 2.35. The number of rotatable bonds is 6. The van der Waals surface area contributed by atoms with Crippen LogP contribution in [0, 0.1) is 18.8 Å². The molecule has 3 nitrogen and oxygen atoms in total. The van der Waals surface area contributed by atoms with E-state index >= 15 is 0 Å². The minimum Gasteiger partial charge on any atom is -0.392 e. The number of pyridine rings is 1. The van der Waals surface area contributed by atoms with Gasteiger partial charge in [0.1, 0.15) is 5.82 Å². The number of aryl methyl sites for hydroxylation is 1. The van der Waals surface area contributed by atoms with Crippen LogP contribution in [0.1, 0.15) is 36.9 Å². The lowest BCUT2D eigenvalue weighted by Gasteiger charge is -2.24.